The van der Waals surface area contributed by atoms with Crippen molar-refractivity contribution < 1.29 is 19.0 Å². The molecule has 2 aromatic rings. The van der Waals surface area contributed by atoms with Gasteiger partial charge in [0.15, 0.2) is 0 Å². The molecule has 130 valence electrons. The van der Waals surface area contributed by atoms with E-state index in [9.17, 15) is 14.3 Å². The van der Waals surface area contributed by atoms with Gasteiger partial charge in [-0.1, -0.05) is 32.9 Å². The molecule has 2 atom stereocenters. The molecule has 0 bridgehead atoms. The summed E-state index contributed by atoms with van der Waals surface area (Å²) in [5.41, 5.74) is 1.45. The zero-order valence-electron chi connectivity index (χ0n) is 14.5. The highest BCUT2D eigenvalue weighted by Crippen LogP contribution is 2.35. The first kappa shape index (κ1) is 18.2. The quantitative estimate of drug-likeness (QED) is 0.839. The van der Waals surface area contributed by atoms with Gasteiger partial charge in [0, 0.05) is 24.9 Å². The maximum Gasteiger partial charge on any atom is 0.303 e. The molecule has 2 rings (SSSR count). The fourth-order valence-electron chi connectivity index (χ4n) is 2.81. The number of rotatable bonds is 6. The molecule has 0 radical (unpaired) electrons. The molecule has 1 heterocycles. The highest BCUT2D eigenvalue weighted by Gasteiger charge is 2.28. The Morgan fingerprint density at radius 3 is 2.62 bits per heavy atom. The molecule has 0 aliphatic rings. The lowest BCUT2D eigenvalue weighted by Gasteiger charge is -2.30. The van der Waals surface area contributed by atoms with Crippen LogP contribution in [0.1, 0.15) is 39.7 Å². The summed E-state index contributed by atoms with van der Waals surface area (Å²) in [6.45, 7) is 7.46. The number of carboxylic acids is 1. The number of alkyl halides is 1. The Hall–Kier alpha value is -2.17. The van der Waals surface area contributed by atoms with Crippen LogP contribution in [0.2, 0.25) is 0 Å². The molecule has 4 nitrogen and oxygen atoms in total. The van der Waals surface area contributed by atoms with Gasteiger partial charge in [0.25, 0.3) is 0 Å². The van der Waals surface area contributed by atoms with Crippen LogP contribution in [0.25, 0.3) is 10.9 Å². The molecule has 1 aromatic heterocycles. The fraction of sp³-hybridized carbons (Fsp3) is 0.474. The summed E-state index contributed by atoms with van der Waals surface area (Å²) < 4.78 is 18.4. The molecule has 2 unspecified atom stereocenters. The Morgan fingerprint density at radius 1 is 1.33 bits per heavy atom. The molecule has 0 fully saturated rings. The van der Waals surface area contributed by atoms with Crippen LogP contribution in [0.5, 0.6) is 5.75 Å². The second kappa shape index (κ2) is 7.16. The number of carbonyl (C=O) groups is 1. The Morgan fingerprint density at radius 2 is 2.04 bits per heavy atom. The Labute approximate surface area is 141 Å². The second-order valence-corrected chi connectivity index (χ2v) is 7.15. The van der Waals surface area contributed by atoms with Gasteiger partial charge in [0.05, 0.1) is 0 Å². The molecule has 0 saturated heterocycles. The van der Waals surface area contributed by atoms with Crippen LogP contribution in [0.3, 0.4) is 0 Å². The van der Waals surface area contributed by atoms with Gasteiger partial charge >= 0.3 is 5.97 Å². The minimum Gasteiger partial charge on any atom is -0.481 e. The van der Waals surface area contributed by atoms with Crippen molar-refractivity contribution in [2.24, 2.45) is 11.3 Å². The van der Waals surface area contributed by atoms with Crippen LogP contribution in [0.15, 0.2) is 30.5 Å². The average Bonchev–Trinajstić information content (AvgIpc) is 2.47. The number of nitrogens with zero attached hydrogens (tertiary/aromatic N) is 1. The number of aromatic nitrogens is 1. The van der Waals surface area contributed by atoms with Crippen LogP contribution >= 0.6 is 0 Å². The Kier molecular flexibility index (Phi) is 5.42. The van der Waals surface area contributed by atoms with Gasteiger partial charge < -0.3 is 9.84 Å². The Balaban J connectivity index is 2.43. The van der Waals surface area contributed by atoms with Crippen molar-refractivity contribution in [3.63, 3.8) is 0 Å². The third-order valence-corrected chi connectivity index (χ3v) is 4.22. The van der Waals surface area contributed by atoms with Gasteiger partial charge in [-0.15, -0.1) is 0 Å². The summed E-state index contributed by atoms with van der Waals surface area (Å²) in [6, 6.07) is 7.31. The maximum absolute atomic E-state index is 13.2. The number of aliphatic carboxylic acids is 1. The normalized spacial score (nSPS) is 14.4. The van der Waals surface area contributed by atoms with Crippen molar-refractivity contribution in [3.05, 3.63) is 36.0 Å². The van der Waals surface area contributed by atoms with Gasteiger partial charge in [0.2, 0.25) is 6.36 Å². The summed E-state index contributed by atoms with van der Waals surface area (Å²) >= 11 is 0. The number of hydrogen-bond donors (Lipinski definition) is 1. The monoisotopic (exact) mass is 333 g/mol. The van der Waals surface area contributed by atoms with E-state index in [0.29, 0.717) is 17.7 Å². The zero-order valence-corrected chi connectivity index (χ0v) is 14.5. The molecule has 1 N–H and O–H groups in total. The number of halogens is 1. The van der Waals surface area contributed by atoms with E-state index in [2.05, 4.69) is 4.98 Å². The van der Waals surface area contributed by atoms with Crippen molar-refractivity contribution in [1.29, 1.82) is 0 Å². The lowest BCUT2D eigenvalue weighted by Crippen LogP contribution is -2.25. The number of ether oxygens (including phenoxy) is 1. The minimum absolute atomic E-state index is 0.0229. The van der Waals surface area contributed by atoms with Crippen LogP contribution < -0.4 is 4.74 Å². The first-order valence-electron chi connectivity index (χ1n) is 8.07. The van der Waals surface area contributed by atoms with E-state index in [1.807, 2.05) is 39.0 Å². The predicted octanol–water partition coefficient (Wildman–Crippen LogP) is 4.61. The largest absolute Gasteiger partial charge is 0.481 e. The molecule has 0 amide bonds. The van der Waals surface area contributed by atoms with Crippen LogP contribution in [-0.4, -0.2) is 22.4 Å². The number of carboxylic acid groups (broad SMARTS) is 1. The van der Waals surface area contributed by atoms with Crippen LogP contribution in [0.4, 0.5) is 4.39 Å². The lowest BCUT2D eigenvalue weighted by atomic mass is 9.75. The SMILES string of the molecule is CC(F)Oc1ccc(CC(CC(=O)O)C(C)(C)C)c2cccnc12. The molecule has 5 heteroatoms. The van der Waals surface area contributed by atoms with E-state index >= 15 is 0 Å². The van der Waals surface area contributed by atoms with Crippen molar-refractivity contribution in [2.75, 3.05) is 0 Å². The lowest BCUT2D eigenvalue weighted by molar-refractivity contribution is -0.139. The molecular weight excluding hydrogens is 309 g/mol. The molecule has 0 spiro atoms. The highest BCUT2D eigenvalue weighted by atomic mass is 19.1. The summed E-state index contributed by atoms with van der Waals surface area (Å²) in [7, 11) is 0. The van der Waals surface area contributed by atoms with Crippen molar-refractivity contribution in [1.82, 2.24) is 4.98 Å². The maximum atomic E-state index is 13.2. The smallest absolute Gasteiger partial charge is 0.303 e. The molecular formula is C19H24FNO3. The summed E-state index contributed by atoms with van der Waals surface area (Å²) in [6.07, 6.45) is 0.935. The van der Waals surface area contributed by atoms with Crippen LogP contribution in [-0.2, 0) is 11.2 Å². The first-order chi connectivity index (χ1) is 11.2. The molecule has 1 aromatic carbocycles. The van der Waals surface area contributed by atoms with Crippen LogP contribution in [0, 0.1) is 11.3 Å². The number of fused-ring (bicyclic) bond motifs is 1. The van der Waals surface area contributed by atoms with Gasteiger partial charge in [0.1, 0.15) is 11.3 Å². The number of benzene rings is 1. The minimum atomic E-state index is -1.42. The van der Waals surface area contributed by atoms with E-state index in [0.717, 1.165) is 10.9 Å². The fourth-order valence-corrected chi connectivity index (χ4v) is 2.81. The molecule has 0 aliphatic heterocycles. The number of hydrogen-bond acceptors (Lipinski definition) is 3. The first-order valence-corrected chi connectivity index (χ1v) is 8.07. The predicted molar refractivity (Wildman–Crippen MR) is 91.8 cm³/mol. The third-order valence-electron chi connectivity index (χ3n) is 4.22. The van der Waals surface area contributed by atoms with E-state index in [1.54, 1.807) is 12.3 Å². The van der Waals surface area contributed by atoms with Crippen molar-refractivity contribution in [3.8, 4) is 5.75 Å². The van der Waals surface area contributed by atoms with Gasteiger partial charge in [-0.25, -0.2) is 4.39 Å². The molecule has 0 saturated carbocycles. The zero-order chi connectivity index (χ0) is 17.9. The Bertz CT molecular complexity index is 722. The topological polar surface area (TPSA) is 59.4 Å². The van der Waals surface area contributed by atoms with E-state index < -0.39 is 12.3 Å². The number of pyridine rings is 1. The summed E-state index contributed by atoms with van der Waals surface area (Å²) in [4.78, 5) is 15.5. The molecule has 0 aliphatic carbocycles. The second-order valence-electron chi connectivity index (χ2n) is 7.15. The van der Waals surface area contributed by atoms with Gasteiger partial charge in [-0.2, -0.15) is 0 Å². The summed E-state index contributed by atoms with van der Waals surface area (Å²) in [5.74, 6) is -0.427. The highest BCUT2D eigenvalue weighted by molar-refractivity contribution is 5.87. The van der Waals surface area contributed by atoms with Crippen molar-refractivity contribution >= 4 is 16.9 Å². The summed E-state index contributed by atoms with van der Waals surface area (Å²) in [5, 5.41) is 10.1. The van der Waals surface area contributed by atoms with Gasteiger partial charge in [-0.3, -0.25) is 9.78 Å². The average molecular weight is 333 g/mol. The molecule has 24 heavy (non-hydrogen) atoms. The van der Waals surface area contributed by atoms with Crippen molar-refractivity contribution in [2.45, 2.75) is 46.9 Å². The van der Waals surface area contributed by atoms with E-state index in [-0.39, 0.29) is 17.8 Å². The van der Waals surface area contributed by atoms with E-state index in [1.165, 1.54) is 6.92 Å². The van der Waals surface area contributed by atoms with Gasteiger partial charge in [-0.05, 0) is 35.4 Å². The standard InChI is InChI=1S/C19H24FNO3/c1-12(20)24-16-8-7-13(15-6-5-9-21-18(15)16)10-14(11-17(22)23)19(2,3)4/h5-9,12,14H,10-11H2,1-4H3,(H,22,23). The third kappa shape index (κ3) is 4.43. The van der Waals surface area contributed by atoms with E-state index in [4.69, 9.17) is 4.74 Å².